The summed E-state index contributed by atoms with van der Waals surface area (Å²) < 4.78 is 5.47. The average molecular weight is 496 g/mol. The Morgan fingerprint density at radius 3 is 2.43 bits per heavy atom. The lowest BCUT2D eigenvalue weighted by atomic mass is 9.81. The minimum Gasteiger partial charge on any atom is -0.496 e. The van der Waals surface area contributed by atoms with Crippen LogP contribution in [0, 0.1) is 5.92 Å². The third-order valence-corrected chi connectivity index (χ3v) is 8.09. The fourth-order valence-corrected chi connectivity index (χ4v) is 5.79. The summed E-state index contributed by atoms with van der Waals surface area (Å²) in [7, 11) is 1.52. The number of anilines is 1. The molecule has 186 valence electrons. The minimum absolute atomic E-state index is 0.0324. The fraction of sp³-hybridized carbons (Fsp3) is 0.500. The van der Waals surface area contributed by atoms with Gasteiger partial charge in [0, 0.05) is 37.2 Å². The predicted octanol–water partition coefficient (Wildman–Crippen LogP) is 5.23. The van der Waals surface area contributed by atoms with E-state index in [2.05, 4.69) is 45.9 Å². The van der Waals surface area contributed by atoms with Crippen LogP contribution < -0.4 is 15.4 Å². The van der Waals surface area contributed by atoms with E-state index in [-0.39, 0.29) is 23.8 Å². The van der Waals surface area contributed by atoms with E-state index in [4.69, 9.17) is 16.3 Å². The van der Waals surface area contributed by atoms with Crippen LogP contribution in [0.2, 0.25) is 5.02 Å². The van der Waals surface area contributed by atoms with Crippen LogP contribution >= 0.6 is 11.6 Å². The lowest BCUT2D eigenvalue weighted by Crippen LogP contribution is -2.41. The number of ether oxygens (including phenoxy) is 1. The van der Waals surface area contributed by atoms with Crippen molar-refractivity contribution in [2.45, 2.75) is 62.9 Å². The van der Waals surface area contributed by atoms with Gasteiger partial charge in [-0.3, -0.25) is 14.5 Å². The molecule has 7 heteroatoms. The van der Waals surface area contributed by atoms with Gasteiger partial charge in [0.25, 0.3) is 5.91 Å². The first-order valence-corrected chi connectivity index (χ1v) is 13.2. The summed E-state index contributed by atoms with van der Waals surface area (Å²) in [6.07, 6.45) is 7.62. The van der Waals surface area contributed by atoms with Crippen LogP contribution in [0.4, 0.5) is 5.69 Å². The number of benzene rings is 2. The number of halogens is 1. The largest absolute Gasteiger partial charge is 0.496 e. The molecule has 2 aliphatic carbocycles. The summed E-state index contributed by atoms with van der Waals surface area (Å²) in [5.74, 6) is 0.920. The van der Waals surface area contributed by atoms with Crippen molar-refractivity contribution in [2.75, 3.05) is 25.5 Å². The van der Waals surface area contributed by atoms with Crippen LogP contribution in [0.25, 0.3) is 0 Å². The third-order valence-electron chi connectivity index (χ3n) is 7.78. The molecule has 6 nitrogen and oxygen atoms in total. The molecule has 35 heavy (non-hydrogen) atoms. The predicted molar refractivity (Wildman–Crippen MR) is 138 cm³/mol. The molecule has 2 N–H and O–H groups in total. The van der Waals surface area contributed by atoms with Crippen LogP contribution in [0.1, 0.15) is 66.8 Å². The highest BCUT2D eigenvalue weighted by Crippen LogP contribution is 2.37. The van der Waals surface area contributed by atoms with Crippen LogP contribution in [-0.2, 0) is 4.79 Å². The van der Waals surface area contributed by atoms with Crippen LogP contribution in [0.3, 0.4) is 0 Å². The Hall–Kier alpha value is -2.57. The molecule has 1 saturated heterocycles. The minimum atomic E-state index is -0.191. The molecule has 5 rings (SSSR count). The van der Waals surface area contributed by atoms with Gasteiger partial charge >= 0.3 is 0 Å². The summed E-state index contributed by atoms with van der Waals surface area (Å²) in [6, 6.07) is 14.8. The van der Waals surface area contributed by atoms with Crippen molar-refractivity contribution >= 4 is 29.1 Å². The van der Waals surface area contributed by atoms with Gasteiger partial charge in [-0.1, -0.05) is 41.9 Å². The number of methoxy groups -OCH3 is 1. The maximum atomic E-state index is 13.1. The van der Waals surface area contributed by atoms with E-state index < -0.39 is 0 Å². The maximum absolute atomic E-state index is 13.1. The van der Waals surface area contributed by atoms with E-state index in [0.717, 1.165) is 32.4 Å². The van der Waals surface area contributed by atoms with E-state index in [1.165, 1.54) is 38.4 Å². The molecule has 2 aromatic carbocycles. The van der Waals surface area contributed by atoms with Crippen LogP contribution in [0.5, 0.6) is 5.75 Å². The molecule has 2 amide bonds. The Balaban J connectivity index is 1.16. The smallest absolute Gasteiger partial charge is 0.255 e. The number of carbonyl (C=O) groups excluding carboxylic acids is 2. The van der Waals surface area contributed by atoms with Gasteiger partial charge in [0.15, 0.2) is 0 Å². The average Bonchev–Trinajstić information content (AvgIpc) is 3.64. The topological polar surface area (TPSA) is 70.7 Å². The monoisotopic (exact) mass is 495 g/mol. The molecular weight excluding hydrogens is 462 g/mol. The first-order valence-electron chi connectivity index (χ1n) is 12.8. The van der Waals surface area contributed by atoms with Gasteiger partial charge in [0.1, 0.15) is 5.75 Å². The maximum Gasteiger partial charge on any atom is 0.255 e. The van der Waals surface area contributed by atoms with Gasteiger partial charge in [-0.2, -0.15) is 0 Å². The van der Waals surface area contributed by atoms with Crippen molar-refractivity contribution in [3.8, 4) is 5.75 Å². The zero-order chi connectivity index (χ0) is 24.4. The van der Waals surface area contributed by atoms with E-state index in [1.807, 2.05) is 0 Å². The number of amides is 2. The van der Waals surface area contributed by atoms with Gasteiger partial charge in [-0.05, 0) is 62.5 Å². The number of likely N-dealkylation sites (tertiary alicyclic amines) is 1. The molecule has 3 fully saturated rings. The van der Waals surface area contributed by atoms with Crippen molar-refractivity contribution < 1.29 is 14.3 Å². The fourth-order valence-electron chi connectivity index (χ4n) is 5.58. The zero-order valence-corrected chi connectivity index (χ0v) is 21.0. The molecule has 1 aliphatic heterocycles. The zero-order valence-electron chi connectivity index (χ0n) is 20.3. The summed E-state index contributed by atoms with van der Waals surface area (Å²) in [4.78, 5) is 27.8. The highest BCUT2D eigenvalue weighted by molar-refractivity contribution is 6.34. The molecule has 1 atom stereocenters. The van der Waals surface area contributed by atoms with Gasteiger partial charge in [-0.25, -0.2) is 0 Å². The first kappa shape index (κ1) is 24.1. The molecule has 0 spiro atoms. The number of hydrogen-bond donors (Lipinski definition) is 2. The Kier molecular flexibility index (Phi) is 7.30. The molecule has 0 unspecified atom stereocenters. The number of rotatable bonds is 7. The first-order chi connectivity index (χ1) is 17.0. The number of nitrogens with one attached hydrogen (secondary N) is 2. The standard InChI is InChI=1S/C28H34ClN3O3/c1-35-26-16-25(31-27(33)20-7-8-20)24(29)15-23(26)28(34)30-21-13-14-32(17-21)22-11-9-19(10-12-22)18-5-3-2-4-6-18/h2-6,15-16,19-22H,7-14,17H2,1H3,(H,30,34)(H,31,33)/t19?,21-,22?/m0/s1. The molecule has 1 heterocycles. The number of carbonyl (C=O) groups is 2. The number of nitrogens with zero attached hydrogens (tertiary/aromatic N) is 1. The highest BCUT2D eigenvalue weighted by atomic mass is 35.5. The summed E-state index contributed by atoms with van der Waals surface area (Å²) in [5.41, 5.74) is 2.34. The molecule has 0 bridgehead atoms. The molecule has 0 radical (unpaired) electrons. The molecule has 2 saturated carbocycles. The van der Waals surface area contributed by atoms with E-state index in [9.17, 15) is 9.59 Å². The SMILES string of the molecule is COc1cc(NC(=O)C2CC2)c(Cl)cc1C(=O)N[C@H]1CCN(C2CCC(c3ccccc3)CC2)C1. The van der Waals surface area contributed by atoms with Gasteiger partial charge in [0.05, 0.1) is 23.4 Å². The number of hydrogen-bond acceptors (Lipinski definition) is 4. The van der Waals surface area contributed by atoms with Crippen molar-refractivity contribution in [2.24, 2.45) is 5.92 Å². The van der Waals surface area contributed by atoms with Crippen LogP contribution in [-0.4, -0.2) is 49.0 Å². The van der Waals surface area contributed by atoms with Crippen molar-refractivity contribution in [1.29, 1.82) is 0 Å². The lowest BCUT2D eigenvalue weighted by Gasteiger charge is -2.35. The summed E-state index contributed by atoms with van der Waals surface area (Å²) >= 11 is 6.41. The molecule has 0 aromatic heterocycles. The second-order valence-electron chi connectivity index (χ2n) is 10.2. The molecule has 2 aromatic rings. The Morgan fingerprint density at radius 2 is 1.74 bits per heavy atom. The van der Waals surface area contributed by atoms with E-state index in [0.29, 0.717) is 34.0 Å². The Labute approximate surface area is 212 Å². The highest BCUT2D eigenvalue weighted by Gasteiger charge is 2.33. The molecule has 3 aliphatic rings. The van der Waals surface area contributed by atoms with Crippen molar-refractivity contribution in [3.05, 3.63) is 58.6 Å². The Bertz CT molecular complexity index is 1060. The van der Waals surface area contributed by atoms with E-state index >= 15 is 0 Å². The van der Waals surface area contributed by atoms with Crippen molar-refractivity contribution in [3.63, 3.8) is 0 Å². The third kappa shape index (κ3) is 5.65. The summed E-state index contributed by atoms with van der Waals surface area (Å²) in [5, 5.41) is 6.38. The summed E-state index contributed by atoms with van der Waals surface area (Å²) in [6.45, 7) is 1.88. The second-order valence-corrected chi connectivity index (χ2v) is 10.6. The quantitative estimate of drug-likeness (QED) is 0.552. The van der Waals surface area contributed by atoms with E-state index in [1.54, 1.807) is 12.1 Å². The normalized spacial score (nSPS) is 24.7. The lowest BCUT2D eigenvalue weighted by molar-refractivity contribution is -0.117. The van der Waals surface area contributed by atoms with Gasteiger partial charge in [-0.15, -0.1) is 0 Å². The van der Waals surface area contributed by atoms with Gasteiger partial charge < -0.3 is 15.4 Å². The van der Waals surface area contributed by atoms with Gasteiger partial charge in [0.2, 0.25) is 5.91 Å². The van der Waals surface area contributed by atoms with Crippen LogP contribution in [0.15, 0.2) is 42.5 Å². The van der Waals surface area contributed by atoms with Crippen molar-refractivity contribution in [1.82, 2.24) is 10.2 Å². The molecular formula is C28H34ClN3O3. The second kappa shape index (κ2) is 10.6. The Morgan fingerprint density at radius 1 is 1.00 bits per heavy atom.